The molecule has 0 aliphatic carbocycles. The first-order valence-corrected chi connectivity index (χ1v) is 3.63. The Labute approximate surface area is 75.4 Å². The van der Waals surface area contributed by atoms with E-state index < -0.39 is 0 Å². The molecule has 1 aromatic carbocycles. The number of hydrogen-bond acceptors (Lipinski definition) is 4. The number of rotatable bonds is 3. The van der Waals surface area contributed by atoms with E-state index in [1.807, 2.05) is 0 Å². The van der Waals surface area contributed by atoms with Crippen molar-refractivity contribution in [2.45, 2.75) is 0 Å². The van der Waals surface area contributed by atoms with Crippen LogP contribution in [-0.2, 0) is 4.79 Å². The van der Waals surface area contributed by atoms with Crippen LogP contribution in [-0.4, -0.2) is 24.3 Å². The van der Waals surface area contributed by atoms with Crippen LogP contribution < -0.4 is 4.74 Å². The van der Waals surface area contributed by atoms with Gasteiger partial charge in [-0.3, -0.25) is 4.79 Å². The Hall–Kier alpha value is -1.84. The Morgan fingerprint density at radius 3 is 2.46 bits per heavy atom. The lowest BCUT2D eigenvalue weighted by atomic mass is 10.1. The first-order valence-electron chi connectivity index (χ1n) is 3.63. The molecule has 4 heteroatoms. The van der Waals surface area contributed by atoms with E-state index in [1.54, 1.807) is 31.4 Å². The lowest BCUT2D eigenvalue weighted by Crippen LogP contribution is -2.01. The monoisotopic (exact) mass is 179 g/mol. The predicted molar refractivity (Wildman–Crippen MR) is 47.4 cm³/mol. The normalized spacial score (nSPS) is 11.0. The van der Waals surface area contributed by atoms with Crippen molar-refractivity contribution in [3.05, 3.63) is 29.8 Å². The van der Waals surface area contributed by atoms with E-state index in [-0.39, 0.29) is 5.71 Å². The summed E-state index contributed by atoms with van der Waals surface area (Å²) in [6.07, 6.45) is 0.488. The minimum Gasteiger partial charge on any atom is -0.497 e. The summed E-state index contributed by atoms with van der Waals surface area (Å²) >= 11 is 0. The van der Waals surface area contributed by atoms with Gasteiger partial charge in [-0.05, 0) is 24.3 Å². The van der Waals surface area contributed by atoms with Crippen molar-refractivity contribution in [2.24, 2.45) is 5.16 Å². The number of methoxy groups -OCH3 is 1. The highest BCUT2D eigenvalue weighted by Gasteiger charge is 2.01. The molecule has 1 N–H and O–H groups in total. The Balaban J connectivity index is 2.97. The fourth-order valence-electron chi connectivity index (χ4n) is 0.911. The summed E-state index contributed by atoms with van der Waals surface area (Å²) in [5, 5.41) is 11.3. The molecule has 0 aromatic heterocycles. The Morgan fingerprint density at radius 2 is 2.08 bits per heavy atom. The van der Waals surface area contributed by atoms with Crippen LogP contribution in [0.3, 0.4) is 0 Å². The predicted octanol–water partition coefficient (Wildman–Crippen LogP) is 1.07. The Kier molecular flexibility index (Phi) is 3.03. The number of carbonyl (C=O) groups excluding carboxylic acids is 1. The van der Waals surface area contributed by atoms with Gasteiger partial charge in [-0.1, -0.05) is 5.16 Å². The number of carbonyl (C=O) groups is 1. The zero-order chi connectivity index (χ0) is 9.68. The van der Waals surface area contributed by atoms with Crippen molar-refractivity contribution in [3.8, 4) is 5.75 Å². The maximum atomic E-state index is 10.4. The van der Waals surface area contributed by atoms with E-state index in [2.05, 4.69) is 5.16 Å². The van der Waals surface area contributed by atoms with E-state index >= 15 is 0 Å². The summed E-state index contributed by atoms with van der Waals surface area (Å²) < 4.78 is 4.93. The third-order valence-electron chi connectivity index (χ3n) is 1.61. The van der Waals surface area contributed by atoms with Crippen LogP contribution in [0.5, 0.6) is 5.75 Å². The number of ether oxygens (including phenoxy) is 1. The van der Waals surface area contributed by atoms with Crippen LogP contribution in [0.4, 0.5) is 0 Å². The first kappa shape index (κ1) is 9.25. The van der Waals surface area contributed by atoms with Crippen LogP contribution in [0.25, 0.3) is 0 Å². The Morgan fingerprint density at radius 1 is 1.46 bits per heavy atom. The van der Waals surface area contributed by atoms with Crippen molar-refractivity contribution < 1.29 is 14.7 Å². The van der Waals surface area contributed by atoms with Gasteiger partial charge in [0.25, 0.3) is 0 Å². The van der Waals surface area contributed by atoms with Crippen molar-refractivity contribution >= 4 is 12.0 Å². The largest absolute Gasteiger partial charge is 0.497 e. The topological polar surface area (TPSA) is 58.9 Å². The summed E-state index contributed by atoms with van der Waals surface area (Å²) in [5.41, 5.74) is 0.556. The van der Waals surface area contributed by atoms with Gasteiger partial charge >= 0.3 is 0 Å². The molecule has 0 radical (unpaired) electrons. The van der Waals surface area contributed by atoms with Gasteiger partial charge in [-0.25, -0.2) is 0 Å². The van der Waals surface area contributed by atoms with Crippen molar-refractivity contribution in [3.63, 3.8) is 0 Å². The molecule has 1 rings (SSSR count). The van der Waals surface area contributed by atoms with Crippen LogP contribution in [0.2, 0.25) is 0 Å². The molecule has 4 nitrogen and oxygen atoms in total. The van der Waals surface area contributed by atoms with Crippen LogP contribution >= 0.6 is 0 Å². The fourth-order valence-corrected chi connectivity index (χ4v) is 0.911. The zero-order valence-electron chi connectivity index (χ0n) is 7.10. The molecular formula is C9H9NO3. The second-order valence-electron chi connectivity index (χ2n) is 2.33. The molecule has 0 saturated carbocycles. The smallest absolute Gasteiger partial charge is 0.172 e. The number of nitrogens with zero attached hydrogens (tertiary/aromatic N) is 1. The standard InChI is InChI=1S/C9H9NO3/c1-13-8-4-2-7(3-5-8)9(6-11)10-12/h2-6,12H,1H3/b10-9-. The molecule has 0 unspecified atom stereocenters. The number of aldehydes is 1. The molecule has 0 aliphatic rings. The third kappa shape index (κ3) is 2.05. The second kappa shape index (κ2) is 4.25. The minimum atomic E-state index is 0.00246. The lowest BCUT2D eigenvalue weighted by molar-refractivity contribution is -0.102. The molecule has 0 saturated heterocycles. The van der Waals surface area contributed by atoms with Crippen molar-refractivity contribution in [1.82, 2.24) is 0 Å². The lowest BCUT2D eigenvalue weighted by Gasteiger charge is -2.00. The molecule has 0 heterocycles. The molecule has 0 atom stereocenters. The Bertz CT molecular complexity index is 316. The van der Waals surface area contributed by atoms with Gasteiger partial charge in [0.2, 0.25) is 0 Å². The van der Waals surface area contributed by atoms with Crippen molar-refractivity contribution in [2.75, 3.05) is 7.11 Å². The molecule has 0 amide bonds. The highest BCUT2D eigenvalue weighted by molar-refractivity contribution is 6.36. The van der Waals surface area contributed by atoms with E-state index in [4.69, 9.17) is 9.94 Å². The maximum absolute atomic E-state index is 10.4. The fraction of sp³-hybridized carbons (Fsp3) is 0.111. The van der Waals surface area contributed by atoms with E-state index in [9.17, 15) is 4.79 Å². The minimum absolute atomic E-state index is 0.00246. The summed E-state index contributed by atoms with van der Waals surface area (Å²) in [4.78, 5) is 10.4. The van der Waals surface area contributed by atoms with E-state index in [0.717, 1.165) is 0 Å². The van der Waals surface area contributed by atoms with Gasteiger partial charge in [-0.15, -0.1) is 0 Å². The molecule has 1 aromatic rings. The maximum Gasteiger partial charge on any atom is 0.172 e. The molecular weight excluding hydrogens is 170 g/mol. The summed E-state index contributed by atoms with van der Waals surface area (Å²) in [6, 6.07) is 6.65. The number of benzene rings is 1. The molecule has 0 bridgehead atoms. The van der Waals surface area contributed by atoms with Gasteiger partial charge in [0, 0.05) is 5.56 Å². The van der Waals surface area contributed by atoms with Crippen LogP contribution in [0.15, 0.2) is 29.4 Å². The van der Waals surface area contributed by atoms with Gasteiger partial charge in [0.1, 0.15) is 11.5 Å². The quantitative estimate of drug-likeness (QED) is 0.327. The molecule has 13 heavy (non-hydrogen) atoms. The third-order valence-corrected chi connectivity index (χ3v) is 1.61. The highest BCUT2D eigenvalue weighted by Crippen LogP contribution is 2.11. The number of oxime groups is 1. The average Bonchev–Trinajstić information content (AvgIpc) is 2.21. The number of hydrogen-bond donors (Lipinski definition) is 1. The molecule has 68 valence electrons. The van der Waals surface area contributed by atoms with E-state index in [1.165, 1.54) is 0 Å². The van der Waals surface area contributed by atoms with Crippen LogP contribution in [0.1, 0.15) is 5.56 Å². The van der Waals surface area contributed by atoms with Gasteiger partial charge < -0.3 is 9.94 Å². The van der Waals surface area contributed by atoms with Gasteiger partial charge in [0.05, 0.1) is 7.11 Å². The average molecular weight is 179 g/mol. The SMILES string of the molecule is COc1ccc(/C(C=O)=N\O)cc1. The first-order chi connectivity index (χ1) is 6.31. The molecule has 0 spiro atoms. The zero-order valence-corrected chi connectivity index (χ0v) is 7.10. The van der Waals surface area contributed by atoms with Gasteiger partial charge in [0.15, 0.2) is 6.29 Å². The van der Waals surface area contributed by atoms with Gasteiger partial charge in [-0.2, -0.15) is 0 Å². The molecule has 0 fully saturated rings. The van der Waals surface area contributed by atoms with E-state index in [0.29, 0.717) is 17.6 Å². The summed E-state index contributed by atoms with van der Waals surface area (Å²) in [7, 11) is 1.55. The highest BCUT2D eigenvalue weighted by atomic mass is 16.5. The van der Waals surface area contributed by atoms with Crippen molar-refractivity contribution in [1.29, 1.82) is 0 Å². The van der Waals surface area contributed by atoms with Crippen LogP contribution in [0, 0.1) is 0 Å². The summed E-state index contributed by atoms with van der Waals surface area (Å²) in [5.74, 6) is 0.687. The molecule has 0 aliphatic heterocycles. The summed E-state index contributed by atoms with van der Waals surface area (Å²) in [6.45, 7) is 0. The second-order valence-corrected chi connectivity index (χ2v) is 2.33.